The Morgan fingerprint density at radius 2 is 1.52 bits per heavy atom. The fourth-order valence-corrected chi connectivity index (χ4v) is 9.41. The van der Waals surface area contributed by atoms with Crippen molar-refractivity contribution in [2.24, 2.45) is 5.16 Å². The predicted octanol–water partition coefficient (Wildman–Crippen LogP) is 6.81. The number of carbonyl (C=O) groups is 3. The normalized spacial score (nSPS) is 16.2. The number of aromatic nitrogens is 3. The minimum Gasteiger partial charge on any atom is -0.497 e. The number of esters is 1. The summed E-state index contributed by atoms with van der Waals surface area (Å²) in [6.07, 6.45) is 4.59. The van der Waals surface area contributed by atoms with E-state index in [1.165, 1.54) is 53.7 Å². The van der Waals surface area contributed by atoms with Gasteiger partial charge < -0.3 is 24.9 Å². The lowest BCUT2D eigenvalue weighted by Gasteiger charge is -2.49. The fourth-order valence-electron chi connectivity index (χ4n) is 7.27. The first-order valence-corrected chi connectivity index (χ1v) is 21.0. The molecule has 2 N–H and O–H groups in total. The second-order valence-electron chi connectivity index (χ2n) is 13.8. The second-order valence-corrected chi connectivity index (χ2v) is 15.8. The Morgan fingerprint density at radius 3 is 2.10 bits per heavy atom. The van der Waals surface area contributed by atoms with Gasteiger partial charge in [0.05, 0.1) is 19.0 Å². The monoisotopic (exact) mass is 849 g/mol. The van der Waals surface area contributed by atoms with Crippen LogP contribution in [-0.4, -0.2) is 74.7 Å². The van der Waals surface area contributed by atoms with Gasteiger partial charge in [-0.1, -0.05) is 115 Å². The third-order valence-corrected chi connectivity index (χ3v) is 12.3. The summed E-state index contributed by atoms with van der Waals surface area (Å²) < 4.78 is 11.0. The van der Waals surface area contributed by atoms with Crippen LogP contribution in [0.2, 0.25) is 0 Å². The first-order valence-electron chi connectivity index (χ1n) is 19.1. The number of thiazole rings is 1. The minimum absolute atomic E-state index is 0.0307. The second kappa shape index (κ2) is 18.0. The number of rotatable bonds is 15. The van der Waals surface area contributed by atoms with Crippen LogP contribution in [0.25, 0.3) is 5.57 Å². The number of ether oxygens (including phenoxy) is 2. The first-order chi connectivity index (χ1) is 29.8. The molecular weight excluding hydrogens is 811 g/mol. The maximum Gasteiger partial charge on any atom is 0.355 e. The van der Waals surface area contributed by atoms with E-state index in [0.29, 0.717) is 27.7 Å². The lowest BCUT2D eigenvalue weighted by Crippen LogP contribution is -2.71. The van der Waals surface area contributed by atoms with Crippen molar-refractivity contribution in [3.8, 4) is 5.75 Å². The van der Waals surface area contributed by atoms with Gasteiger partial charge in [0.15, 0.2) is 10.8 Å². The van der Waals surface area contributed by atoms with Crippen LogP contribution in [0.15, 0.2) is 162 Å². The van der Waals surface area contributed by atoms with Crippen molar-refractivity contribution in [2.45, 2.75) is 23.6 Å². The summed E-state index contributed by atoms with van der Waals surface area (Å²) in [5.74, 6) is -0.980. The number of amides is 2. The molecule has 0 spiro atoms. The maximum atomic E-state index is 14.1. The van der Waals surface area contributed by atoms with Crippen LogP contribution in [0.1, 0.15) is 33.6 Å². The van der Waals surface area contributed by atoms with E-state index in [-0.39, 0.29) is 29.5 Å². The Bertz CT molecular complexity index is 2510. The molecule has 1 saturated heterocycles. The Morgan fingerprint density at radius 1 is 0.885 bits per heavy atom. The van der Waals surface area contributed by atoms with Gasteiger partial charge in [-0.3, -0.25) is 24.5 Å². The Balaban J connectivity index is 1.05. The van der Waals surface area contributed by atoms with E-state index in [4.69, 9.17) is 19.3 Å². The zero-order chi connectivity index (χ0) is 42.3. The number of β-lactam (4-membered cyclic amide) rings is 1. The molecule has 306 valence electrons. The Labute approximate surface area is 360 Å². The molecule has 2 atom stereocenters. The number of methoxy groups -OCH3 is 1. The molecule has 13 nitrogen and oxygen atoms in total. The SMILES string of the molecule is C=C(C1=C(C(=O)OCc2ccc(OC)cc2)N2C(=O)[C@@H](NC(=O)/C(=N\OC)c3csc(NC(c4ccccc4)(c4ccccc4)c4ccccc4)n3)[C@H]2SC1)c1cnccn1. The number of hydrogen-bond donors (Lipinski definition) is 2. The number of nitrogens with zero attached hydrogens (tertiary/aromatic N) is 5. The molecule has 61 heavy (non-hydrogen) atoms. The molecule has 4 heterocycles. The summed E-state index contributed by atoms with van der Waals surface area (Å²) in [6, 6.07) is 36.3. The highest BCUT2D eigenvalue weighted by Crippen LogP contribution is 2.44. The van der Waals surface area contributed by atoms with Crippen LogP contribution < -0.4 is 15.4 Å². The summed E-state index contributed by atoms with van der Waals surface area (Å²) in [4.78, 5) is 62.0. The van der Waals surface area contributed by atoms with Crippen LogP contribution >= 0.6 is 23.1 Å². The number of hydrogen-bond acceptors (Lipinski definition) is 13. The van der Waals surface area contributed by atoms with Gasteiger partial charge in [-0.15, -0.1) is 23.1 Å². The smallest absolute Gasteiger partial charge is 0.355 e. The maximum absolute atomic E-state index is 14.1. The number of carbonyl (C=O) groups excluding carboxylic acids is 3. The van der Waals surface area contributed by atoms with Crippen LogP contribution in [0.5, 0.6) is 5.75 Å². The zero-order valence-corrected chi connectivity index (χ0v) is 34.7. The molecule has 15 heteroatoms. The molecule has 0 unspecified atom stereocenters. The lowest BCUT2D eigenvalue weighted by molar-refractivity contribution is -0.153. The van der Waals surface area contributed by atoms with Crippen molar-refractivity contribution in [3.05, 3.63) is 191 Å². The van der Waals surface area contributed by atoms with Gasteiger partial charge in [0, 0.05) is 34.7 Å². The quantitative estimate of drug-likeness (QED) is 0.0368. The third-order valence-electron chi connectivity index (χ3n) is 10.3. The van der Waals surface area contributed by atoms with E-state index in [1.807, 2.05) is 54.6 Å². The molecule has 8 rings (SSSR count). The number of benzene rings is 4. The highest BCUT2D eigenvalue weighted by molar-refractivity contribution is 8.00. The third kappa shape index (κ3) is 8.12. The molecule has 2 aliphatic rings. The Kier molecular flexibility index (Phi) is 12.0. The lowest BCUT2D eigenvalue weighted by atomic mass is 9.77. The Hall–Kier alpha value is -7.10. The van der Waals surface area contributed by atoms with Gasteiger partial charge in [0.2, 0.25) is 0 Å². The van der Waals surface area contributed by atoms with E-state index in [0.717, 1.165) is 22.3 Å². The van der Waals surface area contributed by atoms with Crippen molar-refractivity contribution in [1.82, 2.24) is 25.2 Å². The van der Waals surface area contributed by atoms with Crippen molar-refractivity contribution in [3.63, 3.8) is 0 Å². The first kappa shape index (κ1) is 40.7. The summed E-state index contributed by atoms with van der Waals surface area (Å²) in [5, 5.41) is 12.2. The van der Waals surface area contributed by atoms with E-state index >= 15 is 0 Å². The summed E-state index contributed by atoms with van der Waals surface area (Å²) >= 11 is 2.67. The van der Waals surface area contributed by atoms with E-state index in [2.05, 4.69) is 68.7 Å². The topological polar surface area (TPSA) is 157 Å². The van der Waals surface area contributed by atoms with Gasteiger partial charge in [-0.05, 0) is 34.4 Å². The molecule has 1 fully saturated rings. The number of oxime groups is 1. The summed E-state index contributed by atoms with van der Waals surface area (Å²) in [7, 11) is 2.90. The molecule has 2 aliphatic heterocycles. The largest absolute Gasteiger partial charge is 0.497 e. The molecule has 0 bridgehead atoms. The predicted molar refractivity (Wildman–Crippen MR) is 234 cm³/mol. The van der Waals surface area contributed by atoms with Crippen LogP contribution in [0, 0.1) is 0 Å². The number of nitrogens with one attached hydrogen (secondary N) is 2. The average Bonchev–Trinajstić information content (AvgIpc) is 3.79. The van der Waals surface area contributed by atoms with Gasteiger partial charge in [0.1, 0.15) is 47.8 Å². The van der Waals surface area contributed by atoms with Crippen molar-refractivity contribution in [2.75, 3.05) is 25.3 Å². The standard InChI is InChI=1S/C46H39N7O6S2/c1-29(36-25-47-23-24-48-36)35-27-60-43-39(42(55)53(43)40(35)44(56)59-26-30-19-21-34(57-2)22-20-30)50-41(54)38(52-58-3)37-28-61-45(49-37)51-46(31-13-7-4-8-14-31,32-15-9-5-10-16-32)33-17-11-6-12-18-33/h4-25,28,39,43H,1,26-27H2,2-3H3,(H,49,51)(H,50,54)/b52-38-/t39-,43-/m1/s1. The summed E-state index contributed by atoms with van der Waals surface area (Å²) in [6.45, 7) is 4.15. The van der Waals surface area contributed by atoms with Crippen molar-refractivity contribution >= 4 is 57.3 Å². The van der Waals surface area contributed by atoms with Gasteiger partial charge >= 0.3 is 5.97 Å². The molecule has 2 amide bonds. The van der Waals surface area contributed by atoms with Crippen LogP contribution in [0.3, 0.4) is 0 Å². The highest BCUT2D eigenvalue weighted by atomic mass is 32.2. The van der Waals surface area contributed by atoms with Crippen molar-refractivity contribution < 1.29 is 28.7 Å². The van der Waals surface area contributed by atoms with E-state index in [9.17, 15) is 14.4 Å². The van der Waals surface area contributed by atoms with Crippen molar-refractivity contribution in [1.29, 1.82) is 0 Å². The highest BCUT2D eigenvalue weighted by Gasteiger charge is 2.55. The number of fused-ring (bicyclic) bond motifs is 1. The molecule has 0 radical (unpaired) electrons. The zero-order valence-electron chi connectivity index (χ0n) is 33.1. The molecule has 0 saturated carbocycles. The van der Waals surface area contributed by atoms with E-state index in [1.54, 1.807) is 36.8 Å². The molecule has 6 aromatic rings. The minimum atomic E-state index is -1.01. The average molecular weight is 850 g/mol. The number of allylic oxidation sites excluding steroid dienone is 1. The van der Waals surface area contributed by atoms with E-state index < -0.39 is 34.7 Å². The number of thioether (sulfide) groups is 1. The molecular formula is C46H39N7O6S2. The van der Waals surface area contributed by atoms with Gasteiger partial charge in [-0.25, -0.2) is 9.78 Å². The number of anilines is 1. The van der Waals surface area contributed by atoms with Crippen LogP contribution in [0.4, 0.5) is 5.13 Å². The molecule has 4 aromatic carbocycles. The molecule has 2 aromatic heterocycles. The summed E-state index contributed by atoms with van der Waals surface area (Å²) in [5.41, 5.74) is 4.28. The fraction of sp³-hybridized carbons (Fsp3) is 0.152. The van der Waals surface area contributed by atoms with Crippen LogP contribution in [-0.2, 0) is 36.1 Å². The van der Waals surface area contributed by atoms with Gasteiger partial charge in [0.25, 0.3) is 11.8 Å². The molecule has 0 aliphatic carbocycles. The van der Waals surface area contributed by atoms with Gasteiger partial charge in [-0.2, -0.15) is 0 Å².